The van der Waals surface area contributed by atoms with E-state index in [4.69, 9.17) is 17.3 Å². The molecule has 0 unspecified atom stereocenters. The lowest BCUT2D eigenvalue weighted by Crippen LogP contribution is -2.36. The summed E-state index contributed by atoms with van der Waals surface area (Å²) in [6, 6.07) is 8.17. The number of halogens is 4. The molecule has 0 aliphatic carbocycles. The number of rotatable bonds is 4. The van der Waals surface area contributed by atoms with Crippen molar-refractivity contribution in [3.05, 3.63) is 58.6 Å². The Bertz CT molecular complexity index is 751. The molecule has 0 amide bonds. The number of carbonyl (C=O) groups excluding carboxylic acids is 1. The summed E-state index contributed by atoms with van der Waals surface area (Å²) in [4.78, 5) is 11.5. The second-order valence-electron chi connectivity index (χ2n) is 5.46. The highest BCUT2D eigenvalue weighted by atomic mass is 35.5. The summed E-state index contributed by atoms with van der Waals surface area (Å²) in [5.74, 6) is -1.88. The van der Waals surface area contributed by atoms with E-state index in [2.05, 4.69) is 4.74 Å². The van der Waals surface area contributed by atoms with Gasteiger partial charge in [0.15, 0.2) is 0 Å². The summed E-state index contributed by atoms with van der Waals surface area (Å²) in [6.45, 7) is 1.63. The fourth-order valence-electron chi connectivity index (χ4n) is 2.36. The van der Waals surface area contributed by atoms with Crippen molar-refractivity contribution in [2.24, 2.45) is 5.73 Å². The van der Waals surface area contributed by atoms with E-state index in [-0.39, 0.29) is 29.4 Å². The highest BCUT2D eigenvalue weighted by molar-refractivity contribution is 6.34. The van der Waals surface area contributed by atoms with E-state index in [0.717, 1.165) is 12.1 Å². The maximum absolute atomic E-state index is 14.0. The summed E-state index contributed by atoms with van der Waals surface area (Å²) in [7, 11) is 1.27. The van der Waals surface area contributed by atoms with Gasteiger partial charge in [-0.1, -0.05) is 29.8 Å². The lowest BCUT2D eigenvalue weighted by Gasteiger charge is -2.26. The van der Waals surface area contributed by atoms with E-state index in [9.17, 15) is 13.6 Å². The second-order valence-corrected chi connectivity index (χ2v) is 5.84. The molecule has 0 radical (unpaired) electrons. The number of hydrogen-bond donors (Lipinski definition) is 1. The maximum atomic E-state index is 14.0. The van der Waals surface area contributed by atoms with E-state index in [0.29, 0.717) is 11.1 Å². The van der Waals surface area contributed by atoms with E-state index >= 15 is 0 Å². The first-order valence-electron chi connectivity index (χ1n) is 6.86. The van der Waals surface area contributed by atoms with Gasteiger partial charge in [0.05, 0.1) is 24.1 Å². The lowest BCUT2D eigenvalue weighted by atomic mass is 9.87. The van der Waals surface area contributed by atoms with Crippen LogP contribution in [0.3, 0.4) is 0 Å². The highest BCUT2D eigenvalue weighted by Crippen LogP contribution is 2.37. The van der Waals surface area contributed by atoms with Gasteiger partial charge in [-0.3, -0.25) is 4.79 Å². The van der Waals surface area contributed by atoms with Crippen LogP contribution in [0.1, 0.15) is 18.9 Å². The summed E-state index contributed by atoms with van der Waals surface area (Å²) in [5, 5.41) is 0.215. The van der Waals surface area contributed by atoms with Crippen LogP contribution in [0.2, 0.25) is 5.02 Å². The van der Waals surface area contributed by atoms with Crippen LogP contribution in [0.4, 0.5) is 8.78 Å². The van der Waals surface area contributed by atoms with Gasteiger partial charge in [0.25, 0.3) is 0 Å². The Kier molecular flexibility index (Phi) is 6.72. The van der Waals surface area contributed by atoms with E-state index in [1.54, 1.807) is 25.1 Å². The molecule has 1 atom stereocenters. The van der Waals surface area contributed by atoms with Gasteiger partial charge < -0.3 is 10.5 Å². The van der Waals surface area contributed by atoms with E-state index in [1.807, 2.05) is 0 Å². The van der Waals surface area contributed by atoms with Crippen LogP contribution in [-0.2, 0) is 15.1 Å². The minimum Gasteiger partial charge on any atom is -0.469 e. The Morgan fingerprint density at radius 3 is 2.50 bits per heavy atom. The zero-order chi connectivity index (χ0) is 17.2. The molecule has 0 saturated heterocycles. The Morgan fingerprint density at radius 1 is 1.25 bits per heavy atom. The largest absolute Gasteiger partial charge is 0.469 e. The quantitative estimate of drug-likeness (QED) is 0.803. The van der Waals surface area contributed by atoms with Gasteiger partial charge in [-0.2, -0.15) is 0 Å². The molecule has 2 N–H and O–H groups in total. The third kappa shape index (κ3) is 4.23. The van der Waals surface area contributed by atoms with Gasteiger partial charge in [0.1, 0.15) is 11.6 Å². The van der Waals surface area contributed by atoms with Crippen LogP contribution in [0.15, 0.2) is 36.4 Å². The summed E-state index contributed by atoms with van der Waals surface area (Å²) >= 11 is 6.37. The first-order chi connectivity index (χ1) is 10.8. The smallest absolute Gasteiger partial charge is 0.307 e. The van der Waals surface area contributed by atoms with Gasteiger partial charge in [-0.25, -0.2) is 8.78 Å². The van der Waals surface area contributed by atoms with Gasteiger partial charge in [0, 0.05) is 17.2 Å². The molecule has 0 heterocycles. The van der Waals surface area contributed by atoms with Crippen LogP contribution in [-0.4, -0.2) is 13.1 Å². The van der Waals surface area contributed by atoms with Crippen molar-refractivity contribution < 1.29 is 18.3 Å². The van der Waals surface area contributed by atoms with Crippen LogP contribution < -0.4 is 5.73 Å². The zero-order valence-electron chi connectivity index (χ0n) is 13.1. The monoisotopic (exact) mass is 375 g/mol. The van der Waals surface area contributed by atoms with E-state index in [1.165, 1.54) is 13.2 Å². The summed E-state index contributed by atoms with van der Waals surface area (Å²) in [6.07, 6.45) is -0.0847. The van der Waals surface area contributed by atoms with Crippen LogP contribution in [0.25, 0.3) is 11.1 Å². The molecule has 0 fully saturated rings. The molecule has 2 rings (SSSR count). The molecule has 2 aromatic rings. The Hall–Kier alpha value is -1.69. The molecule has 0 bridgehead atoms. The normalized spacial score (nSPS) is 12.9. The minimum atomic E-state index is -1.09. The topological polar surface area (TPSA) is 52.3 Å². The first-order valence-corrected chi connectivity index (χ1v) is 7.24. The van der Waals surface area contributed by atoms with Crippen molar-refractivity contribution in [3.8, 4) is 11.1 Å². The van der Waals surface area contributed by atoms with Crippen LogP contribution >= 0.6 is 24.0 Å². The molecule has 0 spiro atoms. The van der Waals surface area contributed by atoms with Crippen molar-refractivity contribution >= 4 is 30.0 Å². The van der Waals surface area contributed by atoms with Crippen molar-refractivity contribution in [1.29, 1.82) is 0 Å². The minimum absolute atomic E-state index is 0. The number of methoxy groups -OCH3 is 1. The summed E-state index contributed by atoms with van der Waals surface area (Å²) in [5.41, 5.74) is 6.11. The van der Waals surface area contributed by atoms with Crippen molar-refractivity contribution in [3.63, 3.8) is 0 Å². The summed E-state index contributed by atoms with van der Waals surface area (Å²) < 4.78 is 31.7. The molecule has 130 valence electrons. The predicted molar refractivity (Wildman–Crippen MR) is 92.2 cm³/mol. The molecule has 24 heavy (non-hydrogen) atoms. The van der Waals surface area contributed by atoms with Crippen molar-refractivity contribution in [2.45, 2.75) is 18.9 Å². The van der Waals surface area contributed by atoms with Crippen LogP contribution in [0, 0.1) is 11.6 Å². The Labute approximate surface area is 150 Å². The van der Waals surface area contributed by atoms with Gasteiger partial charge in [-0.05, 0) is 24.6 Å². The molecule has 0 aliphatic heterocycles. The van der Waals surface area contributed by atoms with Crippen LogP contribution in [0.5, 0.6) is 0 Å². The van der Waals surface area contributed by atoms with Crippen molar-refractivity contribution in [2.75, 3.05) is 7.11 Å². The zero-order valence-corrected chi connectivity index (χ0v) is 14.7. The number of ether oxygens (including phenoxy) is 1. The molecule has 0 aliphatic rings. The Morgan fingerprint density at radius 2 is 1.92 bits per heavy atom. The maximum Gasteiger partial charge on any atom is 0.307 e. The molecule has 0 saturated carbocycles. The average Bonchev–Trinajstić information content (AvgIpc) is 2.47. The number of nitrogens with two attached hydrogens (primary N) is 1. The van der Waals surface area contributed by atoms with Gasteiger partial charge >= 0.3 is 5.97 Å². The number of benzene rings is 2. The standard InChI is InChI=1S/C17H16ClF2NO2.ClH/c1-17(21,9-15(22)23-2)13-5-3-4-12(16(13)18)11-7-6-10(19)8-14(11)20;/h3-8H,9,21H2,1-2H3;1H/t17-;/m0./s1. The van der Waals surface area contributed by atoms with Gasteiger partial charge in [-0.15, -0.1) is 12.4 Å². The lowest BCUT2D eigenvalue weighted by molar-refractivity contribution is -0.141. The third-order valence-corrected chi connectivity index (χ3v) is 3.98. The number of esters is 1. The SMILES string of the molecule is COC(=O)C[C@](C)(N)c1cccc(-c2ccc(F)cc2F)c1Cl.Cl. The highest BCUT2D eigenvalue weighted by Gasteiger charge is 2.29. The predicted octanol–water partition coefficient (Wildman–Crippen LogP) is 4.44. The number of carbonyl (C=O) groups is 1. The first kappa shape index (κ1) is 20.4. The molecule has 0 aromatic heterocycles. The molecular formula is C17H17Cl2F2NO2. The molecule has 7 heteroatoms. The second kappa shape index (κ2) is 7.92. The molecule has 3 nitrogen and oxygen atoms in total. The average molecular weight is 376 g/mol. The van der Waals surface area contributed by atoms with Gasteiger partial charge in [0.2, 0.25) is 0 Å². The molecular weight excluding hydrogens is 359 g/mol. The van der Waals surface area contributed by atoms with Crippen molar-refractivity contribution in [1.82, 2.24) is 0 Å². The Balaban J connectivity index is 0.00000288. The van der Waals surface area contributed by atoms with E-state index < -0.39 is 23.1 Å². The molecule has 2 aromatic carbocycles. The fraction of sp³-hybridized carbons (Fsp3) is 0.235. The number of hydrogen-bond acceptors (Lipinski definition) is 3. The fourth-order valence-corrected chi connectivity index (χ4v) is 2.80. The third-order valence-electron chi connectivity index (χ3n) is 3.57.